The monoisotopic (exact) mass is 379 g/mol. The topological polar surface area (TPSA) is 72.5 Å². The zero-order valence-corrected chi connectivity index (χ0v) is 15.9. The SMILES string of the molecule is NCc1ccc(-c2cnc3[nH]cc(-c4cnn(Cc5ccccc5)c4)c3c2)cc1. The van der Waals surface area contributed by atoms with Gasteiger partial charge < -0.3 is 10.7 Å². The van der Waals surface area contributed by atoms with E-state index in [2.05, 4.69) is 63.7 Å². The zero-order valence-electron chi connectivity index (χ0n) is 15.9. The molecule has 2 aromatic carbocycles. The van der Waals surface area contributed by atoms with Crippen molar-refractivity contribution in [3.8, 4) is 22.3 Å². The summed E-state index contributed by atoms with van der Waals surface area (Å²) in [5, 5.41) is 5.63. The van der Waals surface area contributed by atoms with Crippen LogP contribution in [-0.2, 0) is 13.1 Å². The van der Waals surface area contributed by atoms with E-state index in [-0.39, 0.29) is 0 Å². The first kappa shape index (κ1) is 17.4. The average molecular weight is 379 g/mol. The van der Waals surface area contributed by atoms with E-state index in [0.29, 0.717) is 6.54 Å². The van der Waals surface area contributed by atoms with Crippen LogP contribution in [0.25, 0.3) is 33.3 Å². The van der Waals surface area contributed by atoms with Crippen molar-refractivity contribution in [1.82, 2.24) is 19.7 Å². The minimum absolute atomic E-state index is 0.548. The van der Waals surface area contributed by atoms with Crippen LogP contribution in [0.2, 0.25) is 0 Å². The van der Waals surface area contributed by atoms with Gasteiger partial charge in [0.05, 0.1) is 12.7 Å². The van der Waals surface area contributed by atoms with Crippen molar-refractivity contribution in [2.75, 3.05) is 0 Å². The third-order valence-electron chi connectivity index (χ3n) is 5.19. The summed E-state index contributed by atoms with van der Waals surface area (Å²) in [6.45, 7) is 1.30. The van der Waals surface area contributed by atoms with E-state index in [1.54, 1.807) is 0 Å². The number of aromatic nitrogens is 4. The second-order valence-corrected chi connectivity index (χ2v) is 7.14. The molecule has 0 aliphatic carbocycles. The van der Waals surface area contributed by atoms with Crippen LogP contribution in [0, 0.1) is 0 Å². The highest BCUT2D eigenvalue weighted by atomic mass is 15.3. The highest BCUT2D eigenvalue weighted by Crippen LogP contribution is 2.31. The van der Waals surface area contributed by atoms with Gasteiger partial charge in [0.1, 0.15) is 5.65 Å². The first-order valence-corrected chi connectivity index (χ1v) is 9.63. The van der Waals surface area contributed by atoms with Gasteiger partial charge in [0.15, 0.2) is 0 Å². The molecule has 0 saturated carbocycles. The molecule has 5 aromatic rings. The zero-order chi connectivity index (χ0) is 19.6. The highest BCUT2D eigenvalue weighted by Gasteiger charge is 2.11. The smallest absolute Gasteiger partial charge is 0.137 e. The minimum atomic E-state index is 0.548. The predicted molar refractivity (Wildman–Crippen MR) is 116 cm³/mol. The van der Waals surface area contributed by atoms with Gasteiger partial charge in [-0.3, -0.25) is 4.68 Å². The normalized spacial score (nSPS) is 11.2. The lowest BCUT2D eigenvalue weighted by Gasteiger charge is -2.04. The lowest BCUT2D eigenvalue weighted by Crippen LogP contribution is -1.99. The van der Waals surface area contributed by atoms with Crippen LogP contribution in [0.4, 0.5) is 0 Å². The van der Waals surface area contributed by atoms with Crippen molar-refractivity contribution in [2.45, 2.75) is 13.1 Å². The molecule has 0 aliphatic rings. The standard InChI is InChI=1S/C24H21N5/c25-11-17-6-8-19(9-7-17)20-10-22-23(14-27-24(22)26-12-20)21-13-28-29(16-21)15-18-4-2-1-3-5-18/h1-10,12-14,16H,11,15,25H2,(H,26,27). The molecule has 3 heterocycles. The fourth-order valence-electron chi connectivity index (χ4n) is 3.59. The van der Waals surface area contributed by atoms with Crippen LogP contribution < -0.4 is 5.73 Å². The summed E-state index contributed by atoms with van der Waals surface area (Å²) in [4.78, 5) is 7.89. The van der Waals surface area contributed by atoms with Crippen LogP contribution >= 0.6 is 0 Å². The van der Waals surface area contributed by atoms with Gasteiger partial charge in [-0.1, -0.05) is 54.6 Å². The van der Waals surface area contributed by atoms with E-state index in [1.807, 2.05) is 41.5 Å². The molecule has 5 rings (SSSR count). The third-order valence-corrected chi connectivity index (χ3v) is 5.19. The maximum atomic E-state index is 5.71. The number of nitrogens with two attached hydrogens (primary N) is 1. The lowest BCUT2D eigenvalue weighted by atomic mass is 10.0. The molecular formula is C24H21N5. The molecule has 0 spiro atoms. The second kappa shape index (κ2) is 7.37. The summed E-state index contributed by atoms with van der Waals surface area (Å²) in [5.41, 5.74) is 13.3. The van der Waals surface area contributed by atoms with E-state index in [1.165, 1.54) is 5.56 Å². The van der Waals surface area contributed by atoms with Gasteiger partial charge in [-0.05, 0) is 22.8 Å². The van der Waals surface area contributed by atoms with Crippen molar-refractivity contribution >= 4 is 11.0 Å². The van der Waals surface area contributed by atoms with E-state index < -0.39 is 0 Å². The van der Waals surface area contributed by atoms with Gasteiger partial charge in [-0.15, -0.1) is 0 Å². The lowest BCUT2D eigenvalue weighted by molar-refractivity contribution is 0.687. The van der Waals surface area contributed by atoms with Crippen molar-refractivity contribution in [1.29, 1.82) is 0 Å². The molecule has 0 unspecified atom stereocenters. The first-order chi connectivity index (χ1) is 14.3. The maximum Gasteiger partial charge on any atom is 0.137 e. The van der Waals surface area contributed by atoms with Gasteiger partial charge >= 0.3 is 0 Å². The number of aromatic amines is 1. The van der Waals surface area contributed by atoms with Gasteiger partial charge in [-0.2, -0.15) is 5.10 Å². The molecule has 0 radical (unpaired) electrons. The second-order valence-electron chi connectivity index (χ2n) is 7.14. The van der Waals surface area contributed by atoms with Crippen molar-refractivity contribution in [3.63, 3.8) is 0 Å². The molecule has 5 nitrogen and oxygen atoms in total. The van der Waals surface area contributed by atoms with Crippen LogP contribution in [0.3, 0.4) is 0 Å². The minimum Gasteiger partial charge on any atom is -0.346 e. The van der Waals surface area contributed by atoms with Gasteiger partial charge in [0.2, 0.25) is 0 Å². The van der Waals surface area contributed by atoms with Gasteiger partial charge in [0.25, 0.3) is 0 Å². The summed E-state index contributed by atoms with van der Waals surface area (Å²) in [6, 6.07) is 20.8. The van der Waals surface area contributed by atoms with E-state index in [0.717, 1.165) is 45.4 Å². The summed E-state index contributed by atoms with van der Waals surface area (Å²) in [6.07, 6.45) is 7.90. The Hall–Kier alpha value is -3.70. The number of nitrogens with one attached hydrogen (secondary N) is 1. The summed E-state index contributed by atoms with van der Waals surface area (Å²) in [7, 11) is 0. The fourth-order valence-corrected chi connectivity index (χ4v) is 3.59. The van der Waals surface area contributed by atoms with E-state index >= 15 is 0 Å². The Labute approximate surface area is 168 Å². The van der Waals surface area contributed by atoms with E-state index in [9.17, 15) is 0 Å². The predicted octanol–water partition coefficient (Wildman–Crippen LogP) is 4.60. The molecule has 0 fully saturated rings. The molecule has 5 heteroatoms. The average Bonchev–Trinajstić information content (AvgIpc) is 3.41. The van der Waals surface area contributed by atoms with Gasteiger partial charge in [-0.25, -0.2) is 4.98 Å². The van der Waals surface area contributed by atoms with Crippen LogP contribution in [0.15, 0.2) is 85.5 Å². The molecule has 0 bridgehead atoms. The van der Waals surface area contributed by atoms with Crippen LogP contribution in [0.1, 0.15) is 11.1 Å². The molecule has 142 valence electrons. The Morgan fingerprint density at radius 3 is 2.48 bits per heavy atom. The number of hydrogen-bond donors (Lipinski definition) is 2. The number of hydrogen-bond acceptors (Lipinski definition) is 3. The summed E-state index contributed by atoms with van der Waals surface area (Å²) >= 11 is 0. The van der Waals surface area contributed by atoms with Crippen molar-refractivity contribution in [3.05, 3.63) is 96.6 Å². The third kappa shape index (κ3) is 3.44. The number of rotatable bonds is 5. The Kier molecular flexibility index (Phi) is 4.42. The molecule has 3 N–H and O–H groups in total. The van der Waals surface area contributed by atoms with Crippen molar-refractivity contribution < 1.29 is 0 Å². The van der Waals surface area contributed by atoms with Gasteiger partial charge in [0, 0.05) is 47.2 Å². The number of pyridine rings is 1. The van der Waals surface area contributed by atoms with Crippen LogP contribution in [-0.4, -0.2) is 19.7 Å². The molecule has 3 aromatic heterocycles. The molecular weight excluding hydrogens is 358 g/mol. The summed E-state index contributed by atoms with van der Waals surface area (Å²) in [5.74, 6) is 0. The molecule has 0 amide bonds. The Morgan fingerprint density at radius 2 is 1.69 bits per heavy atom. The highest BCUT2D eigenvalue weighted by molar-refractivity contribution is 5.95. The quantitative estimate of drug-likeness (QED) is 0.469. The largest absolute Gasteiger partial charge is 0.346 e. The van der Waals surface area contributed by atoms with Crippen LogP contribution in [0.5, 0.6) is 0 Å². The molecule has 0 aliphatic heterocycles. The number of nitrogens with zero attached hydrogens (tertiary/aromatic N) is 3. The molecule has 0 saturated heterocycles. The number of fused-ring (bicyclic) bond motifs is 1. The van der Waals surface area contributed by atoms with E-state index in [4.69, 9.17) is 5.73 Å². The Morgan fingerprint density at radius 1 is 0.862 bits per heavy atom. The number of H-pyrrole nitrogens is 1. The maximum absolute atomic E-state index is 5.71. The Balaban J connectivity index is 1.49. The fraction of sp³-hybridized carbons (Fsp3) is 0.0833. The van der Waals surface area contributed by atoms with Crippen molar-refractivity contribution in [2.24, 2.45) is 5.73 Å². The molecule has 0 atom stereocenters. The summed E-state index contributed by atoms with van der Waals surface area (Å²) < 4.78 is 1.96. The number of benzene rings is 2. The first-order valence-electron chi connectivity index (χ1n) is 9.63. The molecule has 29 heavy (non-hydrogen) atoms. The Bertz CT molecular complexity index is 1250.